The highest BCUT2D eigenvalue weighted by Gasteiger charge is 2.61. The molecule has 9 N–H and O–H groups in total. The molecule has 5 aliphatic carbocycles. The van der Waals surface area contributed by atoms with Crippen LogP contribution in [0.5, 0.6) is 0 Å². The molecular weight excluding hydrogens is 616 g/mol. The average Bonchev–Trinajstić information content (AvgIpc) is 3.57. The van der Waals surface area contributed by atoms with E-state index in [-0.39, 0.29) is 41.2 Å². The maximum atomic E-state index is 14.2. The van der Waals surface area contributed by atoms with Crippen molar-refractivity contribution in [2.75, 3.05) is 13.2 Å². The van der Waals surface area contributed by atoms with Gasteiger partial charge in [-0.15, -0.1) is 0 Å². The Bertz CT molecular complexity index is 1280. The maximum absolute atomic E-state index is 14.2. The Morgan fingerprint density at radius 3 is 2.42 bits per heavy atom. The first-order valence-corrected chi connectivity index (χ1v) is 18.9. The Hall–Kier alpha value is -1.70. The zero-order valence-electron chi connectivity index (χ0n) is 28.1. The van der Waals surface area contributed by atoms with Crippen LogP contribution in [0.25, 0.3) is 0 Å². The number of hydrogen-bond acceptors (Lipinski definition) is 10. The molecule has 2 aliphatic heterocycles. The van der Waals surface area contributed by atoms with Crippen molar-refractivity contribution in [1.29, 1.82) is 0 Å². The summed E-state index contributed by atoms with van der Waals surface area (Å²) in [7, 11) is 0. The number of piperidine rings is 1. The van der Waals surface area contributed by atoms with Gasteiger partial charge in [0.25, 0.3) is 0 Å². The molecule has 0 aromatic carbocycles. The number of quaternary nitrogens is 1. The SMILES string of the molecule is NC1CC(C2(CC3(O)C(O)C(CO)OC(OC4CCCC5C(=O)C6C=C(C7CCCCC7)C=C(O)C6C(=O)C45)C3O)CCCC2)CC[NH2+]1. The summed E-state index contributed by atoms with van der Waals surface area (Å²) in [5, 5.41) is 59.2. The van der Waals surface area contributed by atoms with Gasteiger partial charge in [-0.2, -0.15) is 0 Å². The molecule has 0 radical (unpaired) electrons. The fourth-order valence-corrected chi connectivity index (χ4v) is 11.2. The van der Waals surface area contributed by atoms with Gasteiger partial charge in [0.15, 0.2) is 12.1 Å². The number of hydrogen-bond donors (Lipinski definition) is 7. The minimum atomic E-state index is -2.04. The van der Waals surface area contributed by atoms with Crippen molar-refractivity contribution in [2.24, 2.45) is 46.7 Å². The van der Waals surface area contributed by atoms with Crippen LogP contribution in [0.4, 0.5) is 0 Å². The van der Waals surface area contributed by atoms with Crippen LogP contribution in [0.3, 0.4) is 0 Å². The second-order valence-electron chi connectivity index (χ2n) is 16.4. The molecular formula is C37H57N2O9+. The monoisotopic (exact) mass is 673 g/mol. The second-order valence-corrected chi connectivity index (χ2v) is 16.4. The molecule has 4 saturated carbocycles. The van der Waals surface area contributed by atoms with Crippen LogP contribution in [0.1, 0.15) is 96.3 Å². The first-order chi connectivity index (χ1) is 23.1. The Morgan fingerprint density at radius 1 is 0.958 bits per heavy atom. The third kappa shape index (κ3) is 6.04. The predicted molar refractivity (Wildman–Crippen MR) is 174 cm³/mol. The van der Waals surface area contributed by atoms with E-state index in [0.29, 0.717) is 25.2 Å². The lowest BCUT2D eigenvalue weighted by atomic mass is 9.58. The Morgan fingerprint density at radius 2 is 1.71 bits per heavy atom. The van der Waals surface area contributed by atoms with E-state index in [4.69, 9.17) is 15.2 Å². The first kappa shape index (κ1) is 34.7. The van der Waals surface area contributed by atoms with E-state index < -0.39 is 66.6 Å². The van der Waals surface area contributed by atoms with Crippen LogP contribution in [0, 0.1) is 40.9 Å². The second kappa shape index (κ2) is 13.8. The molecule has 0 aromatic rings. The van der Waals surface area contributed by atoms with Crippen molar-refractivity contribution in [2.45, 2.75) is 139 Å². The summed E-state index contributed by atoms with van der Waals surface area (Å²) in [5.74, 6) is -2.91. The summed E-state index contributed by atoms with van der Waals surface area (Å²) in [6, 6.07) is 0. The number of nitrogens with two attached hydrogens (primary N) is 2. The molecule has 2 saturated heterocycles. The molecule has 268 valence electrons. The Balaban J connectivity index is 1.13. The zero-order valence-corrected chi connectivity index (χ0v) is 28.1. The highest BCUT2D eigenvalue weighted by molar-refractivity contribution is 6.02. The van der Waals surface area contributed by atoms with E-state index in [2.05, 4.69) is 5.32 Å². The number of carbonyl (C=O) groups excluding carboxylic acids is 2. The minimum Gasteiger partial charge on any atom is -0.512 e. The smallest absolute Gasteiger partial charge is 0.187 e. The van der Waals surface area contributed by atoms with Gasteiger partial charge in [-0.05, 0) is 73.8 Å². The van der Waals surface area contributed by atoms with Gasteiger partial charge in [0, 0.05) is 18.8 Å². The lowest BCUT2D eigenvalue weighted by molar-refractivity contribution is -0.700. The molecule has 2 heterocycles. The molecule has 7 aliphatic rings. The summed E-state index contributed by atoms with van der Waals surface area (Å²) in [6.07, 6.45) is 9.49. The van der Waals surface area contributed by atoms with Crippen LogP contribution in [-0.4, -0.2) is 92.7 Å². The van der Waals surface area contributed by atoms with Crippen LogP contribution in [0.15, 0.2) is 23.5 Å². The summed E-state index contributed by atoms with van der Waals surface area (Å²) in [6.45, 7) is 0.283. The fourth-order valence-electron chi connectivity index (χ4n) is 11.2. The van der Waals surface area contributed by atoms with E-state index in [0.717, 1.165) is 76.3 Å². The van der Waals surface area contributed by atoms with Crippen molar-refractivity contribution in [3.63, 3.8) is 0 Å². The van der Waals surface area contributed by atoms with Gasteiger partial charge in [-0.3, -0.25) is 15.3 Å². The van der Waals surface area contributed by atoms with Crippen LogP contribution in [0.2, 0.25) is 0 Å². The molecule has 7 rings (SSSR count). The van der Waals surface area contributed by atoms with E-state index in [1.165, 1.54) is 6.42 Å². The first-order valence-electron chi connectivity index (χ1n) is 18.9. The number of aliphatic hydroxyl groups is 5. The zero-order chi connectivity index (χ0) is 33.8. The van der Waals surface area contributed by atoms with Crippen LogP contribution < -0.4 is 11.1 Å². The number of ketones is 2. The van der Waals surface area contributed by atoms with Crippen molar-refractivity contribution in [1.82, 2.24) is 0 Å². The molecule has 48 heavy (non-hydrogen) atoms. The number of carbonyl (C=O) groups is 2. The molecule has 6 fully saturated rings. The predicted octanol–water partition coefficient (Wildman–Crippen LogP) is 1.51. The largest absolute Gasteiger partial charge is 0.512 e. The Kier molecular flexibility index (Phi) is 9.98. The third-order valence-corrected chi connectivity index (χ3v) is 13.7. The number of allylic oxidation sites excluding steroid dienone is 4. The van der Waals surface area contributed by atoms with Gasteiger partial charge in [0.1, 0.15) is 41.6 Å². The van der Waals surface area contributed by atoms with E-state index in [9.17, 15) is 35.1 Å². The Labute approximate surface area is 283 Å². The van der Waals surface area contributed by atoms with E-state index in [1.54, 1.807) is 6.08 Å². The minimum absolute atomic E-state index is 0.0379. The van der Waals surface area contributed by atoms with Gasteiger partial charge < -0.3 is 40.3 Å². The number of rotatable bonds is 7. The van der Waals surface area contributed by atoms with Gasteiger partial charge in [0.05, 0.1) is 37.0 Å². The van der Waals surface area contributed by atoms with Gasteiger partial charge >= 0.3 is 0 Å². The third-order valence-electron chi connectivity index (χ3n) is 13.7. The lowest BCUT2D eigenvalue weighted by Crippen LogP contribution is -2.95. The molecule has 0 bridgehead atoms. The summed E-state index contributed by atoms with van der Waals surface area (Å²) in [5.41, 5.74) is 4.94. The molecule has 12 atom stereocenters. The van der Waals surface area contributed by atoms with E-state index in [1.807, 2.05) is 6.08 Å². The summed E-state index contributed by atoms with van der Waals surface area (Å²) < 4.78 is 12.4. The van der Waals surface area contributed by atoms with Crippen LogP contribution in [-0.2, 0) is 19.1 Å². The molecule has 0 aromatic heterocycles. The standard InChI is InChI=1S/C37H56N2O9/c38-28-17-22(11-14-39-28)36(12-4-5-13-36)19-37(46)33(44)27(18-40)48-35(34(37)45)47-26-10-6-9-23-30(26)32(43)29-24(31(23)42)15-21(16-25(29)41)20-7-2-1-3-8-20/h15-16,20,22-24,26-30,33-35,39-41,44-46H,1-14,17-19,38H2/p+1. The number of aliphatic hydroxyl groups excluding tert-OH is 4. The highest BCUT2D eigenvalue weighted by Crippen LogP contribution is 2.55. The number of Topliss-reactive ketones (excluding diaryl/α,β-unsaturated/α-hetero) is 2. The molecule has 0 spiro atoms. The van der Waals surface area contributed by atoms with E-state index >= 15 is 0 Å². The topological polar surface area (TPSA) is 196 Å². The molecule has 11 nitrogen and oxygen atoms in total. The molecule has 0 amide bonds. The van der Waals surface area contributed by atoms with Gasteiger partial charge in [0.2, 0.25) is 0 Å². The van der Waals surface area contributed by atoms with Crippen molar-refractivity contribution in [3.05, 3.63) is 23.5 Å². The van der Waals surface area contributed by atoms with Crippen molar-refractivity contribution < 1.29 is 49.9 Å². The fraction of sp³-hybridized carbons (Fsp3) is 0.838. The lowest BCUT2D eigenvalue weighted by Gasteiger charge is -2.53. The molecule has 12 unspecified atom stereocenters. The van der Waals surface area contributed by atoms with Gasteiger partial charge in [-0.25, -0.2) is 0 Å². The summed E-state index contributed by atoms with van der Waals surface area (Å²) in [4.78, 5) is 28.3. The van der Waals surface area contributed by atoms with Crippen LogP contribution >= 0.6 is 0 Å². The summed E-state index contributed by atoms with van der Waals surface area (Å²) >= 11 is 0. The quantitative estimate of drug-likeness (QED) is 0.208. The highest BCUT2D eigenvalue weighted by atomic mass is 16.7. The van der Waals surface area contributed by atoms with Gasteiger partial charge in [-0.1, -0.05) is 44.6 Å². The number of fused-ring (bicyclic) bond motifs is 2. The molecule has 11 heteroatoms. The maximum Gasteiger partial charge on any atom is 0.187 e. The number of ether oxygens (including phenoxy) is 2. The van der Waals surface area contributed by atoms with Crippen molar-refractivity contribution in [3.8, 4) is 0 Å². The van der Waals surface area contributed by atoms with Crippen molar-refractivity contribution >= 4 is 11.6 Å². The normalized spacial score (nSPS) is 45.2. The average molecular weight is 674 g/mol.